The van der Waals surface area contributed by atoms with E-state index >= 15 is 0 Å². The van der Waals surface area contributed by atoms with E-state index in [-0.39, 0.29) is 17.9 Å². The van der Waals surface area contributed by atoms with Crippen molar-refractivity contribution in [2.24, 2.45) is 5.41 Å². The van der Waals surface area contributed by atoms with Gasteiger partial charge < -0.3 is 4.74 Å². The minimum Gasteiger partial charge on any atom is -0.375 e. The van der Waals surface area contributed by atoms with E-state index in [0.717, 1.165) is 27.7 Å². The first-order valence-corrected chi connectivity index (χ1v) is 9.30. The fourth-order valence-electron chi connectivity index (χ4n) is 2.62. The average Bonchev–Trinajstić information content (AvgIpc) is 2.91. The Bertz CT molecular complexity index is 815. The van der Waals surface area contributed by atoms with Crippen LogP contribution in [0, 0.1) is 23.7 Å². The van der Waals surface area contributed by atoms with Gasteiger partial charge in [-0.25, -0.2) is 4.98 Å². The highest BCUT2D eigenvalue weighted by molar-refractivity contribution is 7.16. The molecule has 138 valence electrons. The van der Waals surface area contributed by atoms with Crippen molar-refractivity contribution in [3.8, 4) is 6.07 Å². The maximum atomic E-state index is 12.7. The molecule has 0 aliphatic carbocycles. The lowest BCUT2D eigenvalue weighted by Gasteiger charge is -2.21. The van der Waals surface area contributed by atoms with E-state index in [4.69, 9.17) is 10.00 Å². The molecule has 0 saturated carbocycles. The van der Waals surface area contributed by atoms with E-state index in [9.17, 15) is 4.79 Å². The van der Waals surface area contributed by atoms with Crippen LogP contribution in [0.1, 0.15) is 42.6 Å². The van der Waals surface area contributed by atoms with Gasteiger partial charge in [-0.3, -0.25) is 9.69 Å². The molecule has 26 heavy (non-hydrogen) atoms. The molecule has 1 amide bonds. The number of carbonyl (C=O) groups is 1. The fourth-order valence-corrected chi connectivity index (χ4v) is 4.00. The van der Waals surface area contributed by atoms with Crippen molar-refractivity contribution in [3.05, 3.63) is 46.1 Å². The molecule has 1 heterocycles. The number of hydrogen-bond acceptors (Lipinski definition) is 5. The maximum Gasteiger partial charge on any atom is 0.253 e. The Balaban J connectivity index is 2.36. The van der Waals surface area contributed by atoms with E-state index in [1.807, 2.05) is 19.1 Å². The lowest BCUT2D eigenvalue weighted by molar-refractivity contribution is -0.122. The molecule has 0 radical (unpaired) electrons. The van der Waals surface area contributed by atoms with Crippen molar-refractivity contribution in [2.45, 2.75) is 40.7 Å². The number of methoxy groups -OCH3 is 1. The molecular formula is C20H25N3O2S. The molecule has 0 bridgehead atoms. The molecule has 6 heteroatoms. The summed E-state index contributed by atoms with van der Waals surface area (Å²) in [6.07, 6.45) is 0.856. The van der Waals surface area contributed by atoms with E-state index in [0.29, 0.717) is 12.1 Å². The number of rotatable bonds is 6. The standard InChI is InChI=1S/C20H25N3O2S/c1-14-19(26-17(22-14)10-20(2,3)4)23(18(24)13-25-5)12-16-8-6-7-15(9-16)11-21/h6-9H,10,12-13H2,1-5H3. The largest absolute Gasteiger partial charge is 0.375 e. The smallest absolute Gasteiger partial charge is 0.253 e. The van der Waals surface area contributed by atoms with Gasteiger partial charge in [0.25, 0.3) is 5.91 Å². The van der Waals surface area contributed by atoms with E-state index in [2.05, 4.69) is 31.8 Å². The lowest BCUT2D eigenvalue weighted by Crippen LogP contribution is -2.33. The van der Waals surface area contributed by atoms with Crippen LogP contribution in [0.3, 0.4) is 0 Å². The Hall–Kier alpha value is -2.23. The first-order chi connectivity index (χ1) is 12.2. The summed E-state index contributed by atoms with van der Waals surface area (Å²) in [7, 11) is 1.51. The zero-order chi connectivity index (χ0) is 19.3. The van der Waals surface area contributed by atoms with Crippen LogP contribution in [0.15, 0.2) is 24.3 Å². The third-order valence-corrected chi connectivity index (χ3v) is 4.89. The summed E-state index contributed by atoms with van der Waals surface area (Å²) in [6, 6.07) is 9.45. The Labute approximate surface area is 159 Å². The zero-order valence-electron chi connectivity index (χ0n) is 16.0. The number of aryl methyl sites for hydroxylation is 1. The molecule has 0 spiro atoms. The number of nitriles is 1. The number of hydrogen-bond donors (Lipinski definition) is 0. The van der Waals surface area contributed by atoms with Gasteiger partial charge in [-0.05, 0) is 30.0 Å². The zero-order valence-corrected chi connectivity index (χ0v) is 16.8. The monoisotopic (exact) mass is 371 g/mol. The number of carbonyl (C=O) groups excluding carboxylic acids is 1. The van der Waals surface area contributed by atoms with Gasteiger partial charge in [-0.1, -0.05) is 32.9 Å². The van der Waals surface area contributed by atoms with Crippen LogP contribution < -0.4 is 4.90 Å². The molecule has 5 nitrogen and oxygen atoms in total. The number of aromatic nitrogens is 1. The normalized spacial score (nSPS) is 11.2. The second-order valence-electron chi connectivity index (χ2n) is 7.46. The topological polar surface area (TPSA) is 66.2 Å². The molecule has 0 unspecified atom stereocenters. The highest BCUT2D eigenvalue weighted by Crippen LogP contribution is 2.33. The maximum absolute atomic E-state index is 12.7. The molecule has 0 fully saturated rings. The third kappa shape index (κ3) is 5.38. The molecule has 0 aliphatic heterocycles. The van der Waals surface area contributed by atoms with Crippen molar-refractivity contribution < 1.29 is 9.53 Å². The van der Waals surface area contributed by atoms with Crippen LogP contribution in [0.5, 0.6) is 0 Å². The minimum absolute atomic E-state index is 0.00385. The van der Waals surface area contributed by atoms with E-state index in [1.165, 1.54) is 7.11 Å². The second kappa shape index (κ2) is 8.43. The number of nitrogens with zero attached hydrogens (tertiary/aromatic N) is 3. The van der Waals surface area contributed by atoms with Crippen LogP contribution in [-0.2, 0) is 22.5 Å². The third-order valence-electron chi connectivity index (χ3n) is 3.71. The van der Waals surface area contributed by atoms with Gasteiger partial charge in [0.15, 0.2) is 0 Å². The summed E-state index contributed by atoms with van der Waals surface area (Å²) >= 11 is 1.55. The summed E-state index contributed by atoms with van der Waals surface area (Å²) in [5.74, 6) is -0.121. The van der Waals surface area contributed by atoms with Crippen LogP contribution in [0.4, 0.5) is 5.00 Å². The number of anilines is 1. The van der Waals surface area contributed by atoms with Crippen LogP contribution in [0.2, 0.25) is 0 Å². The van der Waals surface area contributed by atoms with Gasteiger partial charge in [0, 0.05) is 13.5 Å². The number of thiazole rings is 1. The first kappa shape index (κ1) is 20.1. The predicted octanol–water partition coefficient (Wildman–Crippen LogP) is 4.09. The molecule has 0 atom stereocenters. The molecule has 1 aromatic carbocycles. The van der Waals surface area contributed by atoms with Crippen molar-refractivity contribution in [1.29, 1.82) is 5.26 Å². The van der Waals surface area contributed by atoms with Gasteiger partial charge in [0.05, 0.1) is 28.9 Å². The van der Waals surface area contributed by atoms with Crippen molar-refractivity contribution in [2.75, 3.05) is 18.6 Å². The highest BCUT2D eigenvalue weighted by atomic mass is 32.1. The van der Waals surface area contributed by atoms with Gasteiger partial charge in [0.1, 0.15) is 11.6 Å². The molecule has 1 aromatic heterocycles. The predicted molar refractivity (Wildman–Crippen MR) is 104 cm³/mol. The highest BCUT2D eigenvalue weighted by Gasteiger charge is 2.23. The van der Waals surface area contributed by atoms with Crippen molar-refractivity contribution in [3.63, 3.8) is 0 Å². The van der Waals surface area contributed by atoms with Gasteiger partial charge in [0.2, 0.25) is 0 Å². The molecule has 0 aliphatic rings. The number of ether oxygens (including phenoxy) is 1. The SMILES string of the molecule is COCC(=O)N(Cc1cccc(C#N)c1)c1sc(CC(C)(C)C)nc1C. The Morgan fingerprint density at radius 1 is 1.38 bits per heavy atom. The quantitative estimate of drug-likeness (QED) is 0.767. The molecular weight excluding hydrogens is 346 g/mol. The van der Waals surface area contributed by atoms with Crippen molar-refractivity contribution >= 4 is 22.2 Å². The number of benzene rings is 1. The lowest BCUT2D eigenvalue weighted by atomic mass is 9.93. The summed E-state index contributed by atoms with van der Waals surface area (Å²) in [5.41, 5.74) is 2.45. The molecule has 2 rings (SSSR count). The van der Waals surface area contributed by atoms with Gasteiger partial charge in [-0.2, -0.15) is 5.26 Å². The number of amides is 1. The van der Waals surface area contributed by atoms with Gasteiger partial charge in [-0.15, -0.1) is 11.3 Å². The Morgan fingerprint density at radius 3 is 2.73 bits per heavy atom. The van der Waals surface area contributed by atoms with Crippen LogP contribution >= 0.6 is 11.3 Å². The Morgan fingerprint density at radius 2 is 2.12 bits per heavy atom. The van der Waals surface area contributed by atoms with Gasteiger partial charge >= 0.3 is 0 Å². The molecule has 2 aromatic rings. The van der Waals surface area contributed by atoms with Crippen LogP contribution in [-0.4, -0.2) is 24.6 Å². The Kier molecular flexibility index (Phi) is 6.52. The average molecular weight is 372 g/mol. The molecule has 0 N–H and O–H groups in total. The summed E-state index contributed by atoms with van der Waals surface area (Å²) in [5, 5.41) is 11.0. The summed E-state index contributed by atoms with van der Waals surface area (Å²) < 4.78 is 5.06. The van der Waals surface area contributed by atoms with E-state index in [1.54, 1.807) is 28.4 Å². The first-order valence-electron chi connectivity index (χ1n) is 8.48. The van der Waals surface area contributed by atoms with Crippen molar-refractivity contribution in [1.82, 2.24) is 4.98 Å². The van der Waals surface area contributed by atoms with Crippen LogP contribution in [0.25, 0.3) is 0 Å². The summed E-state index contributed by atoms with van der Waals surface area (Å²) in [4.78, 5) is 19.0. The molecule has 0 saturated heterocycles. The fraction of sp³-hybridized carbons (Fsp3) is 0.450. The van der Waals surface area contributed by atoms with E-state index < -0.39 is 0 Å². The second-order valence-corrected chi connectivity index (χ2v) is 8.52. The summed E-state index contributed by atoms with van der Waals surface area (Å²) in [6.45, 7) is 8.83. The minimum atomic E-state index is -0.121.